The van der Waals surface area contributed by atoms with Crippen LogP contribution in [0.4, 0.5) is 0 Å². The largest absolute Gasteiger partial charge is 0.366 e. The van der Waals surface area contributed by atoms with E-state index in [9.17, 15) is 9.59 Å². The molecule has 0 aromatic heterocycles. The third kappa shape index (κ3) is 5.16. The fourth-order valence-electron chi connectivity index (χ4n) is 1.89. The molecule has 2 amide bonds. The highest BCUT2D eigenvalue weighted by molar-refractivity contribution is 5.88. The van der Waals surface area contributed by atoms with Crippen molar-refractivity contribution < 1.29 is 14.3 Å². The van der Waals surface area contributed by atoms with E-state index in [1.165, 1.54) is 0 Å². The molecular formula is C13H25N3O3. The van der Waals surface area contributed by atoms with Crippen LogP contribution >= 0.6 is 0 Å². The number of hydrogen-bond acceptors (Lipinski definition) is 4. The number of nitrogens with zero attached hydrogens (tertiary/aromatic N) is 1. The molecule has 1 saturated heterocycles. The minimum atomic E-state index is -0.440. The van der Waals surface area contributed by atoms with Crippen LogP contribution in [0, 0.1) is 0 Å². The van der Waals surface area contributed by atoms with E-state index in [4.69, 9.17) is 4.74 Å². The normalized spacial score (nSPS) is 20.2. The SMILES string of the molecule is CCNC(=O)C1CNCCN1C(=O)COC(C)(C)C. The van der Waals surface area contributed by atoms with Crippen molar-refractivity contribution in [2.24, 2.45) is 0 Å². The van der Waals surface area contributed by atoms with E-state index < -0.39 is 6.04 Å². The van der Waals surface area contributed by atoms with Crippen molar-refractivity contribution in [3.8, 4) is 0 Å². The Morgan fingerprint density at radius 2 is 2.11 bits per heavy atom. The van der Waals surface area contributed by atoms with Crippen LogP contribution in [0.25, 0.3) is 0 Å². The summed E-state index contributed by atoms with van der Waals surface area (Å²) in [6, 6.07) is -0.440. The summed E-state index contributed by atoms with van der Waals surface area (Å²) in [6.45, 7) is 9.88. The summed E-state index contributed by atoms with van der Waals surface area (Å²) in [6.07, 6.45) is 0. The molecule has 1 heterocycles. The van der Waals surface area contributed by atoms with E-state index >= 15 is 0 Å². The summed E-state index contributed by atoms with van der Waals surface area (Å²) in [5, 5.41) is 5.89. The molecule has 6 heteroatoms. The first-order chi connectivity index (χ1) is 8.85. The van der Waals surface area contributed by atoms with Crippen LogP contribution in [-0.4, -0.2) is 61.1 Å². The molecule has 19 heavy (non-hydrogen) atoms. The molecule has 0 spiro atoms. The van der Waals surface area contributed by atoms with E-state index in [-0.39, 0.29) is 24.0 Å². The van der Waals surface area contributed by atoms with E-state index in [1.807, 2.05) is 27.7 Å². The van der Waals surface area contributed by atoms with Crippen LogP contribution in [-0.2, 0) is 14.3 Å². The zero-order valence-electron chi connectivity index (χ0n) is 12.3. The lowest BCUT2D eigenvalue weighted by molar-refractivity contribution is -0.148. The highest BCUT2D eigenvalue weighted by Crippen LogP contribution is 2.09. The molecule has 0 aromatic rings. The fraction of sp³-hybridized carbons (Fsp3) is 0.846. The minimum Gasteiger partial charge on any atom is -0.366 e. The topological polar surface area (TPSA) is 70.7 Å². The highest BCUT2D eigenvalue weighted by atomic mass is 16.5. The number of hydrogen-bond donors (Lipinski definition) is 2. The van der Waals surface area contributed by atoms with Gasteiger partial charge in [0.05, 0.1) is 5.60 Å². The molecule has 110 valence electrons. The molecular weight excluding hydrogens is 246 g/mol. The van der Waals surface area contributed by atoms with Gasteiger partial charge in [-0.15, -0.1) is 0 Å². The van der Waals surface area contributed by atoms with Gasteiger partial charge in [0.25, 0.3) is 0 Å². The maximum atomic E-state index is 12.2. The summed E-state index contributed by atoms with van der Waals surface area (Å²) in [7, 11) is 0. The standard InChI is InChI=1S/C13H25N3O3/c1-5-15-12(18)10-8-14-6-7-16(10)11(17)9-19-13(2,3)4/h10,14H,5-9H2,1-4H3,(H,15,18). The fourth-order valence-corrected chi connectivity index (χ4v) is 1.89. The van der Waals surface area contributed by atoms with E-state index in [0.717, 1.165) is 0 Å². The van der Waals surface area contributed by atoms with Gasteiger partial charge in [0, 0.05) is 26.2 Å². The van der Waals surface area contributed by atoms with Crippen molar-refractivity contribution in [1.29, 1.82) is 0 Å². The van der Waals surface area contributed by atoms with Crippen LogP contribution in [0.3, 0.4) is 0 Å². The van der Waals surface area contributed by atoms with Gasteiger partial charge in [-0.2, -0.15) is 0 Å². The van der Waals surface area contributed by atoms with Crippen LogP contribution in [0.2, 0.25) is 0 Å². The van der Waals surface area contributed by atoms with Gasteiger partial charge < -0.3 is 20.3 Å². The molecule has 1 rings (SSSR count). The lowest BCUT2D eigenvalue weighted by atomic mass is 10.1. The molecule has 0 aromatic carbocycles. The minimum absolute atomic E-state index is 0.0133. The van der Waals surface area contributed by atoms with Crippen LogP contribution in [0.5, 0.6) is 0 Å². The molecule has 2 N–H and O–H groups in total. The van der Waals surface area contributed by atoms with E-state index in [2.05, 4.69) is 10.6 Å². The molecule has 1 aliphatic heterocycles. The molecule has 1 fully saturated rings. The zero-order chi connectivity index (χ0) is 14.5. The Hall–Kier alpha value is -1.14. The summed E-state index contributed by atoms with van der Waals surface area (Å²) in [5.74, 6) is -0.244. The molecule has 1 atom stereocenters. The third-order valence-corrected chi connectivity index (χ3v) is 2.85. The Morgan fingerprint density at radius 3 is 2.68 bits per heavy atom. The number of piperazine rings is 1. The number of rotatable bonds is 4. The molecule has 0 saturated carbocycles. The second-order valence-electron chi connectivity index (χ2n) is 5.60. The molecule has 1 aliphatic rings. The summed E-state index contributed by atoms with van der Waals surface area (Å²) >= 11 is 0. The molecule has 6 nitrogen and oxygen atoms in total. The van der Waals surface area contributed by atoms with Crippen molar-refractivity contribution in [3.05, 3.63) is 0 Å². The number of amides is 2. The Balaban J connectivity index is 2.61. The van der Waals surface area contributed by atoms with Gasteiger partial charge in [-0.1, -0.05) is 0 Å². The van der Waals surface area contributed by atoms with Crippen LogP contribution < -0.4 is 10.6 Å². The Labute approximate surface area is 114 Å². The zero-order valence-corrected chi connectivity index (χ0v) is 12.3. The first-order valence-electron chi connectivity index (χ1n) is 6.77. The van der Waals surface area contributed by atoms with Gasteiger partial charge >= 0.3 is 0 Å². The smallest absolute Gasteiger partial charge is 0.249 e. The Morgan fingerprint density at radius 1 is 1.42 bits per heavy atom. The van der Waals surface area contributed by atoms with Gasteiger partial charge in [0.15, 0.2) is 0 Å². The highest BCUT2D eigenvalue weighted by Gasteiger charge is 2.32. The quantitative estimate of drug-likeness (QED) is 0.739. The van der Waals surface area contributed by atoms with Crippen molar-refractivity contribution in [3.63, 3.8) is 0 Å². The van der Waals surface area contributed by atoms with Gasteiger partial charge in [0.2, 0.25) is 11.8 Å². The lowest BCUT2D eigenvalue weighted by Crippen LogP contribution is -2.60. The molecule has 0 bridgehead atoms. The Bertz CT molecular complexity index is 326. The summed E-state index contributed by atoms with van der Waals surface area (Å²) < 4.78 is 5.49. The Kier molecular flexibility index (Phi) is 5.75. The van der Waals surface area contributed by atoms with Crippen molar-refractivity contribution >= 4 is 11.8 Å². The number of carbonyl (C=O) groups excluding carboxylic acids is 2. The van der Waals surface area contributed by atoms with Gasteiger partial charge in [-0.3, -0.25) is 9.59 Å². The maximum absolute atomic E-state index is 12.2. The third-order valence-electron chi connectivity index (χ3n) is 2.85. The monoisotopic (exact) mass is 271 g/mol. The second-order valence-corrected chi connectivity index (χ2v) is 5.60. The predicted molar refractivity (Wildman–Crippen MR) is 72.8 cm³/mol. The molecule has 1 unspecified atom stereocenters. The number of nitrogens with one attached hydrogen (secondary N) is 2. The number of carbonyl (C=O) groups is 2. The number of ether oxygens (including phenoxy) is 1. The van der Waals surface area contributed by atoms with E-state index in [0.29, 0.717) is 26.2 Å². The van der Waals surface area contributed by atoms with Crippen molar-refractivity contribution in [2.45, 2.75) is 39.3 Å². The summed E-state index contributed by atoms with van der Waals surface area (Å²) in [5.41, 5.74) is -0.356. The average Bonchev–Trinajstić information content (AvgIpc) is 2.35. The number of likely N-dealkylation sites (N-methyl/N-ethyl adjacent to an activating group) is 1. The average molecular weight is 271 g/mol. The molecule has 0 aliphatic carbocycles. The van der Waals surface area contributed by atoms with Gasteiger partial charge in [-0.05, 0) is 27.7 Å². The van der Waals surface area contributed by atoms with E-state index in [1.54, 1.807) is 4.90 Å². The van der Waals surface area contributed by atoms with Gasteiger partial charge in [-0.25, -0.2) is 0 Å². The second kappa shape index (κ2) is 6.86. The maximum Gasteiger partial charge on any atom is 0.249 e. The first kappa shape index (κ1) is 15.9. The van der Waals surface area contributed by atoms with Gasteiger partial charge in [0.1, 0.15) is 12.6 Å². The van der Waals surface area contributed by atoms with Crippen molar-refractivity contribution in [2.75, 3.05) is 32.8 Å². The lowest BCUT2D eigenvalue weighted by Gasteiger charge is -2.35. The molecule has 0 radical (unpaired) electrons. The van der Waals surface area contributed by atoms with Crippen LogP contribution in [0.1, 0.15) is 27.7 Å². The summed E-state index contributed by atoms with van der Waals surface area (Å²) in [4.78, 5) is 25.7. The predicted octanol–water partition coefficient (Wildman–Crippen LogP) is -0.262. The first-order valence-corrected chi connectivity index (χ1v) is 6.77. The van der Waals surface area contributed by atoms with Crippen LogP contribution in [0.15, 0.2) is 0 Å². The van der Waals surface area contributed by atoms with Crippen molar-refractivity contribution in [1.82, 2.24) is 15.5 Å².